The Morgan fingerprint density at radius 1 is 1.00 bits per heavy atom. The average molecular weight is 645 g/mol. The molecule has 7 nitrogen and oxygen atoms in total. The molecule has 0 aliphatic rings. The number of benzene rings is 2. The van der Waals surface area contributed by atoms with Gasteiger partial charge in [-0.3, -0.25) is 25.8 Å². The minimum absolute atomic E-state index is 0.0974. The number of hydrazine groups is 1. The number of halogens is 4. The Morgan fingerprint density at radius 3 is 2.37 bits per heavy atom. The Bertz CT molecular complexity index is 955. The highest BCUT2D eigenvalue weighted by Crippen LogP contribution is 2.32. The van der Waals surface area contributed by atoms with Gasteiger partial charge < -0.3 is 9.47 Å². The number of carbonyl (C=O) groups is 2. The summed E-state index contributed by atoms with van der Waals surface area (Å²) < 4.78 is 13.2. The first-order valence-electron chi connectivity index (χ1n) is 8.20. The summed E-state index contributed by atoms with van der Waals surface area (Å²) in [5, 5.41) is 2.63. The summed E-state index contributed by atoms with van der Waals surface area (Å²) in [6, 6.07) is 8.68. The van der Waals surface area contributed by atoms with Crippen LogP contribution in [0.1, 0.15) is 5.56 Å². The van der Waals surface area contributed by atoms with Crippen molar-refractivity contribution in [3.8, 4) is 11.5 Å². The number of carbonyl (C=O) groups excluding carboxylic acids is 2. The van der Waals surface area contributed by atoms with Crippen molar-refractivity contribution in [1.82, 2.24) is 16.2 Å². The second-order valence-electron chi connectivity index (χ2n) is 5.74. The zero-order chi connectivity index (χ0) is 22.3. The molecule has 0 fully saturated rings. The van der Waals surface area contributed by atoms with Gasteiger partial charge in [0.1, 0.15) is 11.5 Å². The molecule has 2 aromatic rings. The van der Waals surface area contributed by atoms with Gasteiger partial charge in [0.15, 0.2) is 18.3 Å². The first-order valence-corrected chi connectivity index (χ1v) is 11.4. The van der Waals surface area contributed by atoms with Crippen molar-refractivity contribution in [3.63, 3.8) is 0 Å². The molecule has 0 unspecified atom stereocenters. The van der Waals surface area contributed by atoms with Crippen molar-refractivity contribution in [3.05, 3.63) is 54.3 Å². The molecule has 0 saturated heterocycles. The Morgan fingerprint density at radius 2 is 1.70 bits per heavy atom. The van der Waals surface area contributed by atoms with Crippen molar-refractivity contribution in [2.24, 2.45) is 0 Å². The summed E-state index contributed by atoms with van der Waals surface area (Å²) in [5.41, 5.74) is 5.61. The molecule has 2 aromatic carbocycles. The normalized spacial score (nSPS) is 10.2. The van der Waals surface area contributed by atoms with Gasteiger partial charge in [-0.25, -0.2) is 0 Å². The van der Waals surface area contributed by atoms with Crippen LogP contribution in [0.5, 0.6) is 11.5 Å². The number of thiocarbonyl (C=S) groups is 1. The highest BCUT2D eigenvalue weighted by molar-refractivity contribution is 9.11. The zero-order valence-electron chi connectivity index (χ0n) is 15.4. The molecule has 0 bridgehead atoms. The second-order valence-corrected chi connectivity index (χ2v) is 9.24. The third-order valence-corrected chi connectivity index (χ3v) is 5.40. The molecule has 12 heteroatoms. The third kappa shape index (κ3) is 8.03. The minimum Gasteiger partial charge on any atom is -0.482 e. The van der Waals surface area contributed by atoms with Gasteiger partial charge in [-0.2, -0.15) is 0 Å². The largest absolute Gasteiger partial charge is 0.482 e. The van der Waals surface area contributed by atoms with Crippen LogP contribution < -0.4 is 25.6 Å². The zero-order valence-corrected chi connectivity index (χ0v) is 21.7. The summed E-state index contributed by atoms with van der Waals surface area (Å²) in [7, 11) is 0. The van der Waals surface area contributed by atoms with Crippen molar-refractivity contribution in [2.45, 2.75) is 6.92 Å². The lowest BCUT2D eigenvalue weighted by molar-refractivity contribution is -0.124. The fourth-order valence-corrected chi connectivity index (χ4v) is 4.55. The van der Waals surface area contributed by atoms with Crippen LogP contribution in [0.2, 0.25) is 5.02 Å². The van der Waals surface area contributed by atoms with Gasteiger partial charge in [-0.05, 0) is 71.0 Å². The molecule has 3 N–H and O–H groups in total. The summed E-state index contributed by atoms with van der Waals surface area (Å²) in [4.78, 5) is 23.8. The second kappa shape index (κ2) is 11.8. The summed E-state index contributed by atoms with van der Waals surface area (Å²) >= 11 is 21.0. The van der Waals surface area contributed by atoms with Gasteiger partial charge in [-0.1, -0.05) is 43.5 Å². The molecule has 0 radical (unpaired) electrons. The number of hydrogen-bond donors (Lipinski definition) is 3. The Labute approximate surface area is 208 Å². The van der Waals surface area contributed by atoms with Crippen LogP contribution in [0.15, 0.2) is 43.7 Å². The van der Waals surface area contributed by atoms with Gasteiger partial charge in [0.25, 0.3) is 11.8 Å². The van der Waals surface area contributed by atoms with E-state index < -0.39 is 11.8 Å². The predicted octanol–water partition coefficient (Wildman–Crippen LogP) is 4.42. The van der Waals surface area contributed by atoms with E-state index in [2.05, 4.69) is 64.0 Å². The number of hydrogen-bond acceptors (Lipinski definition) is 5. The molecule has 0 aromatic heterocycles. The maximum Gasteiger partial charge on any atom is 0.276 e. The molecular weight excluding hydrogens is 629 g/mol. The number of amides is 2. The van der Waals surface area contributed by atoms with Crippen LogP contribution in [0.4, 0.5) is 0 Å². The van der Waals surface area contributed by atoms with Crippen molar-refractivity contribution >= 4 is 88.5 Å². The van der Waals surface area contributed by atoms with Crippen LogP contribution in [-0.4, -0.2) is 30.1 Å². The first kappa shape index (κ1) is 24.9. The maximum atomic E-state index is 11.9. The van der Waals surface area contributed by atoms with Crippen LogP contribution in [0, 0.1) is 6.92 Å². The van der Waals surface area contributed by atoms with E-state index in [9.17, 15) is 9.59 Å². The van der Waals surface area contributed by atoms with E-state index in [-0.39, 0.29) is 18.3 Å². The fraction of sp³-hybridized carbons (Fsp3) is 0.167. The number of rotatable bonds is 6. The van der Waals surface area contributed by atoms with E-state index in [0.29, 0.717) is 21.0 Å². The topological polar surface area (TPSA) is 88.7 Å². The monoisotopic (exact) mass is 641 g/mol. The van der Waals surface area contributed by atoms with Gasteiger partial charge in [0.05, 0.1) is 9.50 Å². The lowest BCUT2D eigenvalue weighted by atomic mass is 10.2. The quantitative estimate of drug-likeness (QED) is 0.319. The fourth-order valence-electron chi connectivity index (χ4n) is 2.10. The molecule has 0 heterocycles. The van der Waals surface area contributed by atoms with Crippen LogP contribution in [0.25, 0.3) is 0 Å². The molecule has 0 saturated carbocycles. The highest BCUT2D eigenvalue weighted by atomic mass is 79.9. The summed E-state index contributed by atoms with van der Waals surface area (Å²) in [6.07, 6.45) is 0. The predicted molar refractivity (Wildman–Crippen MR) is 129 cm³/mol. The molecular formula is C18H15Br3ClN3O4S. The molecule has 30 heavy (non-hydrogen) atoms. The lowest BCUT2D eigenvalue weighted by Gasteiger charge is -2.14. The SMILES string of the molecule is Cc1cc(Br)cc(Br)c1OCC(=O)NNC(=S)NC(=O)COc1ccc(Br)cc1Cl. The van der Waals surface area contributed by atoms with Gasteiger partial charge in [0.2, 0.25) is 0 Å². The summed E-state index contributed by atoms with van der Waals surface area (Å²) in [5.74, 6) is -0.105. The molecule has 0 aliphatic heterocycles. The molecule has 160 valence electrons. The van der Waals surface area contributed by atoms with Crippen LogP contribution in [0.3, 0.4) is 0 Å². The third-order valence-electron chi connectivity index (χ3n) is 3.36. The van der Waals surface area contributed by atoms with Gasteiger partial charge >= 0.3 is 0 Å². The molecule has 0 aliphatic carbocycles. The smallest absolute Gasteiger partial charge is 0.276 e. The van der Waals surface area contributed by atoms with Gasteiger partial charge in [0, 0.05) is 8.95 Å². The van der Waals surface area contributed by atoms with E-state index in [0.717, 1.165) is 14.5 Å². The van der Waals surface area contributed by atoms with Crippen LogP contribution in [-0.2, 0) is 9.59 Å². The Balaban J connectivity index is 1.72. The maximum absolute atomic E-state index is 11.9. The standard InChI is InChI=1S/C18H15Br3ClN3O4S/c1-9-4-11(20)5-12(21)17(9)29-8-16(27)24-25-18(30)23-15(26)7-28-14-3-2-10(19)6-13(14)22/h2-6H,7-8H2,1H3,(H,24,27)(H2,23,25,26,30). The Kier molecular flexibility index (Phi) is 9.82. The van der Waals surface area contributed by atoms with E-state index in [1.54, 1.807) is 18.2 Å². The van der Waals surface area contributed by atoms with E-state index >= 15 is 0 Å². The molecule has 0 spiro atoms. The summed E-state index contributed by atoms with van der Waals surface area (Å²) in [6.45, 7) is 1.29. The molecule has 2 amide bonds. The van der Waals surface area contributed by atoms with Gasteiger partial charge in [-0.15, -0.1) is 0 Å². The van der Waals surface area contributed by atoms with E-state index in [4.69, 9.17) is 33.3 Å². The first-order chi connectivity index (χ1) is 14.2. The number of ether oxygens (including phenoxy) is 2. The molecule has 2 rings (SSSR count). The highest BCUT2D eigenvalue weighted by Gasteiger charge is 2.11. The Hall–Kier alpha value is -1.40. The van der Waals surface area contributed by atoms with Crippen LogP contribution >= 0.6 is 71.6 Å². The number of nitrogens with one attached hydrogen (secondary N) is 3. The van der Waals surface area contributed by atoms with E-state index in [1.165, 1.54) is 0 Å². The lowest BCUT2D eigenvalue weighted by Crippen LogP contribution is -2.50. The molecule has 0 atom stereocenters. The average Bonchev–Trinajstić information content (AvgIpc) is 2.64. The number of aryl methyl sites for hydroxylation is 1. The van der Waals surface area contributed by atoms with Crippen molar-refractivity contribution in [1.29, 1.82) is 0 Å². The van der Waals surface area contributed by atoms with Crippen molar-refractivity contribution in [2.75, 3.05) is 13.2 Å². The van der Waals surface area contributed by atoms with Crippen molar-refractivity contribution < 1.29 is 19.1 Å². The van der Waals surface area contributed by atoms with E-state index in [1.807, 2.05) is 19.1 Å². The minimum atomic E-state index is -0.522.